The van der Waals surface area contributed by atoms with E-state index < -0.39 is 0 Å². The van der Waals surface area contributed by atoms with Crippen molar-refractivity contribution in [3.05, 3.63) is 57.9 Å². The highest BCUT2D eigenvalue weighted by molar-refractivity contribution is 5.78. The maximum absolute atomic E-state index is 4.67. The minimum atomic E-state index is 0.943. The van der Waals surface area contributed by atoms with Crippen molar-refractivity contribution in [2.24, 2.45) is 9.98 Å². The summed E-state index contributed by atoms with van der Waals surface area (Å²) in [5.74, 6) is 0. The highest BCUT2D eigenvalue weighted by Gasteiger charge is 2.22. The van der Waals surface area contributed by atoms with Gasteiger partial charge in [-0.05, 0) is 23.3 Å². The predicted molar refractivity (Wildman–Crippen MR) is 63.5 cm³/mol. The Morgan fingerprint density at radius 1 is 1.12 bits per heavy atom. The van der Waals surface area contributed by atoms with Crippen molar-refractivity contribution in [2.45, 2.75) is 12.8 Å². The number of hydrogen-bond acceptors (Lipinski definition) is 2. The molecule has 76 valence electrons. The highest BCUT2D eigenvalue weighted by Crippen LogP contribution is 2.34. The first kappa shape index (κ1) is 8.22. The summed E-state index contributed by atoms with van der Waals surface area (Å²) in [5, 5.41) is 2.39. The number of benzene rings is 1. The molecule has 1 aromatic rings. The van der Waals surface area contributed by atoms with Crippen LogP contribution in [0.2, 0.25) is 0 Å². The molecule has 0 aromatic heterocycles. The van der Waals surface area contributed by atoms with Crippen LogP contribution in [0.25, 0.3) is 5.57 Å². The standard InChI is InChI=1S/C14H10N2/c1-2-4-12-10(3-1)11-8-13-9(5-6-15-13)7-14(11)16-12/h1-4,6-7H,5,8H2. The van der Waals surface area contributed by atoms with Crippen LogP contribution in [0.3, 0.4) is 0 Å². The predicted octanol–water partition coefficient (Wildman–Crippen LogP) is 1.49. The van der Waals surface area contributed by atoms with Crippen LogP contribution in [-0.2, 0) is 0 Å². The van der Waals surface area contributed by atoms with E-state index >= 15 is 0 Å². The van der Waals surface area contributed by atoms with Crippen molar-refractivity contribution in [1.29, 1.82) is 0 Å². The van der Waals surface area contributed by atoms with E-state index in [1.165, 1.54) is 22.1 Å². The molecule has 0 saturated heterocycles. The second-order valence-electron chi connectivity index (χ2n) is 4.30. The minimum absolute atomic E-state index is 0.943. The third-order valence-electron chi connectivity index (χ3n) is 3.36. The molecule has 0 unspecified atom stereocenters. The average molecular weight is 206 g/mol. The molecule has 2 nitrogen and oxygen atoms in total. The van der Waals surface area contributed by atoms with E-state index in [1.807, 2.05) is 12.3 Å². The lowest BCUT2D eigenvalue weighted by atomic mass is 9.95. The summed E-state index contributed by atoms with van der Waals surface area (Å²) in [6.45, 7) is 0. The van der Waals surface area contributed by atoms with E-state index in [4.69, 9.17) is 0 Å². The SMILES string of the molecule is C1=NC2=C(C=C3N=c4ccccc4=C3C2)C1. The van der Waals surface area contributed by atoms with Gasteiger partial charge in [0.1, 0.15) is 0 Å². The van der Waals surface area contributed by atoms with Gasteiger partial charge >= 0.3 is 0 Å². The smallest absolute Gasteiger partial charge is 0.0713 e. The quantitative estimate of drug-likeness (QED) is 0.614. The van der Waals surface area contributed by atoms with E-state index in [0.717, 1.165) is 23.9 Å². The number of rotatable bonds is 0. The topological polar surface area (TPSA) is 24.7 Å². The van der Waals surface area contributed by atoms with Gasteiger partial charge < -0.3 is 0 Å². The lowest BCUT2D eigenvalue weighted by Gasteiger charge is -2.11. The molecule has 0 bridgehead atoms. The summed E-state index contributed by atoms with van der Waals surface area (Å²) < 4.78 is 0. The van der Waals surface area contributed by atoms with Crippen LogP contribution >= 0.6 is 0 Å². The van der Waals surface area contributed by atoms with Gasteiger partial charge in [0.05, 0.1) is 11.1 Å². The van der Waals surface area contributed by atoms with Crippen LogP contribution in [0.4, 0.5) is 0 Å². The first-order valence-electron chi connectivity index (χ1n) is 5.55. The molecular weight excluding hydrogens is 196 g/mol. The fourth-order valence-electron chi connectivity index (χ4n) is 2.56. The first-order chi connectivity index (χ1) is 7.92. The maximum Gasteiger partial charge on any atom is 0.0713 e. The molecule has 0 fully saturated rings. The van der Waals surface area contributed by atoms with Crippen molar-refractivity contribution in [3.63, 3.8) is 0 Å². The summed E-state index contributed by atoms with van der Waals surface area (Å²) >= 11 is 0. The summed E-state index contributed by atoms with van der Waals surface area (Å²) in [6.07, 6.45) is 6.10. The fraction of sp³-hybridized carbons (Fsp3) is 0.143. The summed E-state index contributed by atoms with van der Waals surface area (Å²) in [4.78, 5) is 9.11. The zero-order chi connectivity index (χ0) is 10.5. The van der Waals surface area contributed by atoms with Crippen molar-refractivity contribution in [2.75, 3.05) is 0 Å². The minimum Gasteiger partial charge on any atom is -0.265 e. The molecule has 0 N–H and O–H groups in total. The molecule has 3 aliphatic rings. The van der Waals surface area contributed by atoms with Gasteiger partial charge in [0.25, 0.3) is 0 Å². The third-order valence-corrected chi connectivity index (χ3v) is 3.36. The molecule has 2 aliphatic heterocycles. The van der Waals surface area contributed by atoms with E-state index in [1.54, 1.807) is 0 Å². The lowest BCUT2D eigenvalue weighted by molar-refractivity contribution is 1.11. The molecule has 0 spiro atoms. The number of para-hydroxylation sites is 1. The summed E-state index contributed by atoms with van der Waals surface area (Å²) in [5.41, 5.74) is 5.06. The second-order valence-corrected chi connectivity index (χ2v) is 4.30. The van der Waals surface area contributed by atoms with Crippen LogP contribution in [0.5, 0.6) is 0 Å². The zero-order valence-corrected chi connectivity index (χ0v) is 8.77. The Morgan fingerprint density at radius 2 is 2.06 bits per heavy atom. The Kier molecular flexibility index (Phi) is 1.43. The molecule has 2 heterocycles. The van der Waals surface area contributed by atoms with Gasteiger partial charge in [-0.25, -0.2) is 4.99 Å². The van der Waals surface area contributed by atoms with Crippen molar-refractivity contribution >= 4 is 11.8 Å². The van der Waals surface area contributed by atoms with Crippen LogP contribution in [0.1, 0.15) is 12.8 Å². The van der Waals surface area contributed by atoms with Crippen molar-refractivity contribution < 1.29 is 0 Å². The first-order valence-corrected chi connectivity index (χ1v) is 5.55. The summed E-state index contributed by atoms with van der Waals surface area (Å²) in [6, 6.07) is 8.35. The third kappa shape index (κ3) is 0.963. The van der Waals surface area contributed by atoms with E-state index in [-0.39, 0.29) is 0 Å². The van der Waals surface area contributed by atoms with Gasteiger partial charge in [0.2, 0.25) is 0 Å². The van der Waals surface area contributed by atoms with Crippen molar-refractivity contribution in [3.8, 4) is 0 Å². The normalized spacial score (nSPS) is 20.2. The van der Waals surface area contributed by atoms with Gasteiger partial charge in [0.15, 0.2) is 0 Å². The Bertz CT molecular complexity index is 702. The monoisotopic (exact) mass is 206 g/mol. The molecule has 0 amide bonds. The molecule has 0 saturated carbocycles. The average Bonchev–Trinajstić information content (AvgIpc) is 2.88. The van der Waals surface area contributed by atoms with Crippen LogP contribution in [-0.4, -0.2) is 6.21 Å². The molecule has 0 radical (unpaired) electrons. The number of fused-ring (bicyclic) bond motifs is 2. The Hall–Kier alpha value is -1.96. The summed E-state index contributed by atoms with van der Waals surface area (Å²) in [7, 11) is 0. The number of nitrogens with zero attached hydrogens (tertiary/aromatic N) is 2. The Balaban J connectivity index is 2.03. The number of aliphatic imine (C=N–C) groups is 1. The lowest BCUT2D eigenvalue weighted by Crippen LogP contribution is -2.22. The van der Waals surface area contributed by atoms with Crippen LogP contribution in [0.15, 0.2) is 57.3 Å². The molecular formula is C14H10N2. The molecule has 0 atom stereocenters. The van der Waals surface area contributed by atoms with Gasteiger partial charge in [-0.1, -0.05) is 18.2 Å². The van der Waals surface area contributed by atoms with Crippen molar-refractivity contribution in [1.82, 2.24) is 0 Å². The molecule has 4 rings (SSSR count). The molecule has 16 heavy (non-hydrogen) atoms. The van der Waals surface area contributed by atoms with Gasteiger partial charge in [-0.15, -0.1) is 0 Å². The van der Waals surface area contributed by atoms with E-state index in [2.05, 4.69) is 34.3 Å². The van der Waals surface area contributed by atoms with Crippen LogP contribution in [0, 0.1) is 0 Å². The number of allylic oxidation sites excluding steroid dienone is 4. The molecule has 2 heteroatoms. The van der Waals surface area contributed by atoms with Gasteiger partial charge in [0, 0.05) is 30.0 Å². The number of hydrogen-bond donors (Lipinski definition) is 0. The Morgan fingerprint density at radius 3 is 3.06 bits per heavy atom. The second kappa shape index (κ2) is 2.79. The Labute approximate surface area is 93.1 Å². The van der Waals surface area contributed by atoms with Crippen LogP contribution < -0.4 is 10.6 Å². The highest BCUT2D eigenvalue weighted by atomic mass is 14.8. The maximum atomic E-state index is 4.67. The largest absolute Gasteiger partial charge is 0.265 e. The van der Waals surface area contributed by atoms with Gasteiger partial charge in [-0.3, -0.25) is 4.99 Å². The van der Waals surface area contributed by atoms with E-state index in [9.17, 15) is 0 Å². The van der Waals surface area contributed by atoms with Gasteiger partial charge in [-0.2, -0.15) is 0 Å². The fourth-order valence-corrected chi connectivity index (χ4v) is 2.56. The molecule has 1 aromatic carbocycles. The molecule has 1 aliphatic carbocycles. The zero-order valence-electron chi connectivity index (χ0n) is 8.77. The van der Waals surface area contributed by atoms with E-state index in [0.29, 0.717) is 0 Å².